The van der Waals surface area contributed by atoms with E-state index in [1.165, 1.54) is 6.07 Å². The molecule has 0 aliphatic heterocycles. The van der Waals surface area contributed by atoms with Crippen molar-refractivity contribution in [3.05, 3.63) is 52.0 Å². The van der Waals surface area contributed by atoms with E-state index in [0.29, 0.717) is 16.5 Å². The number of methoxy groups -OCH3 is 1. The van der Waals surface area contributed by atoms with E-state index >= 15 is 0 Å². The van der Waals surface area contributed by atoms with Gasteiger partial charge in [-0.2, -0.15) is 0 Å². The van der Waals surface area contributed by atoms with Crippen LogP contribution in [0.2, 0.25) is 5.02 Å². The molecule has 0 heterocycles. The van der Waals surface area contributed by atoms with Crippen LogP contribution in [-0.4, -0.2) is 28.7 Å². The summed E-state index contributed by atoms with van der Waals surface area (Å²) in [7, 11) is -2.04. The number of nitrogens with one attached hydrogen (secondary N) is 1. The lowest BCUT2D eigenvalue weighted by atomic mass is 10.1. The fraction of sp³-hybridized carbons (Fsp3) is 0.333. The molecule has 2 aromatic carbocycles. The molecule has 2 aromatic rings. The van der Waals surface area contributed by atoms with Crippen molar-refractivity contribution in [2.75, 3.05) is 20.3 Å². The van der Waals surface area contributed by atoms with Crippen LogP contribution in [0.4, 0.5) is 0 Å². The minimum Gasteiger partial charge on any atom is -0.496 e. The van der Waals surface area contributed by atoms with Gasteiger partial charge in [0.1, 0.15) is 18.1 Å². The van der Waals surface area contributed by atoms with Crippen molar-refractivity contribution in [1.29, 1.82) is 0 Å². The summed E-state index contributed by atoms with van der Waals surface area (Å²) >= 11 is 6.12. The first kappa shape index (κ1) is 19.6. The number of ether oxygens (including phenoxy) is 2. The van der Waals surface area contributed by atoms with Crippen molar-refractivity contribution in [3.63, 3.8) is 0 Å². The van der Waals surface area contributed by atoms with E-state index in [1.54, 1.807) is 26.2 Å². The van der Waals surface area contributed by atoms with Crippen LogP contribution < -0.4 is 14.2 Å². The highest BCUT2D eigenvalue weighted by Crippen LogP contribution is 2.26. The Kier molecular flexibility index (Phi) is 6.32. The van der Waals surface area contributed by atoms with E-state index in [2.05, 4.69) is 4.72 Å². The van der Waals surface area contributed by atoms with Gasteiger partial charge in [-0.15, -0.1) is 0 Å². The van der Waals surface area contributed by atoms with Gasteiger partial charge in [-0.1, -0.05) is 11.6 Å². The summed E-state index contributed by atoms with van der Waals surface area (Å²) < 4.78 is 37.9. The lowest BCUT2D eigenvalue weighted by molar-refractivity contribution is 0.322. The molecule has 0 saturated heterocycles. The van der Waals surface area contributed by atoms with Gasteiger partial charge >= 0.3 is 0 Å². The molecule has 0 spiro atoms. The standard InChI is InChI=1S/C18H22ClNO4S/c1-12-11-16(5-6-17(12)23-4)25(21,22)20-7-8-24-15-9-13(2)18(19)14(3)10-15/h5-6,9-11,20H,7-8H2,1-4H3. The number of hydrogen-bond acceptors (Lipinski definition) is 4. The van der Waals surface area contributed by atoms with Gasteiger partial charge in [-0.25, -0.2) is 13.1 Å². The fourth-order valence-electron chi connectivity index (χ4n) is 2.44. The number of rotatable bonds is 7. The molecule has 0 saturated carbocycles. The normalized spacial score (nSPS) is 11.4. The van der Waals surface area contributed by atoms with Crippen LogP contribution in [0.5, 0.6) is 11.5 Å². The van der Waals surface area contributed by atoms with E-state index in [1.807, 2.05) is 26.0 Å². The van der Waals surface area contributed by atoms with E-state index in [9.17, 15) is 8.42 Å². The first-order valence-corrected chi connectivity index (χ1v) is 9.64. The van der Waals surface area contributed by atoms with Crippen LogP contribution in [0.25, 0.3) is 0 Å². The fourth-order valence-corrected chi connectivity index (χ4v) is 3.64. The Bertz CT molecular complexity index is 842. The molecule has 0 aliphatic rings. The summed E-state index contributed by atoms with van der Waals surface area (Å²) in [6, 6.07) is 8.39. The molecular weight excluding hydrogens is 362 g/mol. The third-order valence-electron chi connectivity index (χ3n) is 3.75. The Morgan fingerprint density at radius 3 is 2.24 bits per heavy atom. The predicted octanol–water partition coefficient (Wildman–Crippen LogP) is 3.63. The summed E-state index contributed by atoms with van der Waals surface area (Å²) in [5, 5.41) is 0.711. The number of benzene rings is 2. The zero-order chi connectivity index (χ0) is 18.6. The lowest BCUT2D eigenvalue weighted by Crippen LogP contribution is -2.28. The van der Waals surface area contributed by atoms with E-state index in [0.717, 1.165) is 16.7 Å². The maximum Gasteiger partial charge on any atom is 0.240 e. The van der Waals surface area contributed by atoms with Gasteiger partial charge in [0.15, 0.2) is 0 Å². The number of hydrogen-bond donors (Lipinski definition) is 1. The summed E-state index contributed by atoms with van der Waals surface area (Å²) in [4.78, 5) is 0.198. The minimum absolute atomic E-state index is 0.161. The SMILES string of the molecule is COc1ccc(S(=O)(=O)NCCOc2cc(C)c(Cl)c(C)c2)cc1C. The third-order valence-corrected chi connectivity index (χ3v) is 5.80. The second-order valence-electron chi connectivity index (χ2n) is 5.75. The van der Waals surface area contributed by atoms with Crippen LogP contribution in [0.15, 0.2) is 35.2 Å². The van der Waals surface area contributed by atoms with Gasteiger partial charge in [0.05, 0.1) is 12.0 Å². The Hall–Kier alpha value is -1.76. The Balaban J connectivity index is 1.95. The highest BCUT2D eigenvalue weighted by molar-refractivity contribution is 7.89. The Morgan fingerprint density at radius 1 is 1.04 bits per heavy atom. The van der Waals surface area contributed by atoms with Gasteiger partial charge < -0.3 is 9.47 Å². The van der Waals surface area contributed by atoms with Crippen molar-refractivity contribution in [1.82, 2.24) is 4.72 Å². The van der Waals surface area contributed by atoms with Gasteiger partial charge in [-0.3, -0.25) is 0 Å². The summed E-state index contributed by atoms with van der Waals surface area (Å²) in [5.74, 6) is 1.31. The van der Waals surface area contributed by atoms with Crippen LogP contribution >= 0.6 is 11.6 Å². The predicted molar refractivity (Wildman–Crippen MR) is 99.3 cm³/mol. The highest BCUT2D eigenvalue weighted by atomic mass is 35.5. The maximum atomic E-state index is 12.3. The molecule has 7 heteroatoms. The molecule has 5 nitrogen and oxygen atoms in total. The van der Waals surface area contributed by atoms with Crippen LogP contribution in [-0.2, 0) is 10.0 Å². The molecular formula is C18H22ClNO4S. The monoisotopic (exact) mass is 383 g/mol. The van der Waals surface area contributed by atoms with Gasteiger partial charge in [0, 0.05) is 11.6 Å². The number of aryl methyl sites for hydroxylation is 3. The first-order valence-electron chi connectivity index (χ1n) is 7.78. The second kappa shape index (κ2) is 8.08. The van der Waals surface area contributed by atoms with Crippen molar-refractivity contribution in [3.8, 4) is 11.5 Å². The molecule has 0 radical (unpaired) electrons. The molecule has 0 amide bonds. The van der Waals surface area contributed by atoms with E-state index in [4.69, 9.17) is 21.1 Å². The lowest BCUT2D eigenvalue weighted by Gasteiger charge is -2.12. The zero-order valence-corrected chi connectivity index (χ0v) is 16.3. The average Bonchev–Trinajstić information content (AvgIpc) is 2.56. The van der Waals surface area contributed by atoms with Crippen LogP contribution in [0, 0.1) is 20.8 Å². The van der Waals surface area contributed by atoms with Gasteiger partial charge in [0.2, 0.25) is 10.0 Å². The molecule has 0 atom stereocenters. The van der Waals surface area contributed by atoms with Crippen LogP contribution in [0.3, 0.4) is 0 Å². The molecule has 1 N–H and O–H groups in total. The molecule has 0 aromatic heterocycles. The topological polar surface area (TPSA) is 64.6 Å². The molecule has 25 heavy (non-hydrogen) atoms. The van der Waals surface area contributed by atoms with Crippen molar-refractivity contribution >= 4 is 21.6 Å². The highest BCUT2D eigenvalue weighted by Gasteiger charge is 2.15. The Labute approximate surface area is 154 Å². The summed E-state index contributed by atoms with van der Waals surface area (Å²) in [6.07, 6.45) is 0. The molecule has 0 fully saturated rings. The quantitative estimate of drug-likeness (QED) is 0.741. The minimum atomic E-state index is -3.59. The van der Waals surface area contributed by atoms with E-state index in [-0.39, 0.29) is 18.0 Å². The average molecular weight is 384 g/mol. The molecule has 0 unspecified atom stereocenters. The first-order chi connectivity index (χ1) is 11.7. The van der Waals surface area contributed by atoms with Gasteiger partial charge in [0.25, 0.3) is 0 Å². The summed E-state index contributed by atoms with van der Waals surface area (Å²) in [6.45, 7) is 5.98. The van der Waals surface area contributed by atoms with E-state index < -0.39 is 10.0 Å². The van der Waals surface area contributed by atoms with Crippen molar-refractivity contribution in [2.45, 2.75) is 25.7 Å². The molecule has 2 rings (SSSR count). The zero-order valence-electron chi connectivity index (χ0n) is 14.7. The van der Waals surface area contributed by atoms with Crippen molar-refractivity contribution in [2.24, 2.45) is 0 Å². The largest absolute Gasteiger partial charge is 0.496 e. The second-order valence-corrected chi connectivity index (χ2v) is 7.89. The smallest absolute Gasteiger partial charge is 0.240 e. The Morgan fingerprint density at radius 2 is 1.68 bits per heavy atom. The maximum absolute atomic E-state index is 12.3. The van der Waals surface area contributed by atoms with Crippen molar-refractivity contribution < 1.29 is 17.9 Å². The number of halogens is 1. The molecule has 0 aliphatic carbocycles. The van der Waals surface area contributed by atoms with Gasteiger partial charge in [-0.05, 0) is 67.8 Å². The molecule has 136 valence electrons. The summed E-state index contributed by atoms with van der Waals surface area (Å²) in [5.41, 5.74) is 2.60. The number of sulfonamides is 1. The third kappa shape index (κ3) is 4.87. The molecule has 0 bridgehead atoms. The van der Waals surface area contributed by atoms with Crippen LogP contribution in [0.1, 0.15) is 16.7 Å².